The van der Waals surface area contributed by atoms with E-state index in [2.05, 4.69) is 34.7 Å². The van der Waals surface area contributed by atoms with Crippen LogP contribution in [0.15, 0.2) is 12.1 Å². The summed E-state index contributed by atoms with van der Waals surface area (Å²) in [5, 5.41) is 0. The van der Waals surface area contributed by atoms with Gasteiger partial charge in [0.15, 0.2) is 0 Å². The molecule has 0 N–H and O–H groups in total. The van der Waals surface area contributed by atoms with Gasteiger partial charge in [0.2, 0.25) is 0 Å². The predicted molar refractivity (Wildman–Crippen MR) is 75.8 cm³/mol. The van der Waals surface area contributed by atoms with E-state index in [1.807, 2.05) is 0 Å². The van der Waals surface area contributed by atoms with Crippen LogP contribution in [-0.4, -0.2) is 20.3 Å². The monoisotopic (exact) mass is 344 g/mol. The van der Waals surface area contributed by atoms with Crippen molar-refractivity contribution in [2.45, 2.75) is 31.1 Å². The molecule has 0 aromatic heterocycles. The molecule has 1 spiro atoms. The Bertz CT molecular complexity index is 436. The van der Waals surface area contributed by atoms with Crippen molar-refractivity contribution in [1.29, 1.82) is 0 Å². The zero-order valence-corrected chi connectivity index (χ0v) is 12.2. The fraction of sp³-hybridized carbons (Fsp3) is 0.571. The third kappa shape index (κ3) is 1.78. The van der Waals surface area contributed by atoms with Crippen LogP contribution >= 0.6 is 22.6 Å². The van der Waals surface area contributed by atoms with Gasteiger partial charge in [0.25, 0.3) is 0 Å². The first kappa shape index (κ1) is 11.8. The summed E-state index contributed by atoms with van der Waals surface area (Å²) >= 11 is 2.47. The third-order valence-electron chi connectivity index (χ3n) is 4.27. The zero-order valence-electron chi connectivity index (χ0n) is 10.1. The molecule has 2 aliphatic rings. The number of rotatable bonds is 1. The Labute approximate surface area is 116 Å². The molecule has 1 fully saturated rings. The van der Waals surface area contributed by atoms with Gasteiger partial charge in [-0.05, 0) is 71.5 Å². The number of hydrogen-bond acceptors (Lipinski definition) is 2. The Morgan fingerprint density at radius 3 is 2.71 bits per heavy atom. The van der Waals surface area contributed by atoms with Gasteiger partial charge < -0.3 is 9.47 Å². The van der Waals surface area contributed by atoms with Gasteiger partial charge in [-0.1, -0.05) is 0 Å². The van der Waals surface area contributed by atoms with Gasteiger partial charge >= 0.3 is 0 Å². The Kier molecular flexibility index (Phi) is 3.07. The van der Waals surface area contributed by atoms with Crippen molar-refractivity contribution < 1.29 is 9.47 Å². The fourth-order valence-corrected chi connectivity index (χ4v) is 4.44. The Balaban J connectivity index is 2.12. The lowest BCUT2D eigenvalue weighted by Gasteiger charge is -2.35. The van der Waals surface area contributed by atoms with E-state index in [-0.39, 0.29) is 0 Å². The second-order valence-electron chi connectivity index (χ2n) is 5.00. The SMILES string of the molecule is COc1ccc(I)c2c1CCC21CCOCC1. The first-order valence-corrected chi connectivity index (χ1v) is 7.28. The topological polar surface area (TPSA) is 18.5 Å². The van der Waals surface area contributed by atoms with E-state index < -0.39 is 0 Å². The van der Waals surface area contributed by atoms with Crippen molar-refractivity contribution in [3.05, 3.63) is 26.8 Å². The molecule has 0 amide bonds. The highest BCUT2D eigenvalue weighted by Crippen LogP contribution is 2.50. The molecule has 1 aliphatic heterocycles. The van der Waals surface area contributed by atoms with Crippen LogP contribution in [0.5, 0.6) is 5.75 Å². The van der Waals surface area contributed by atoms with Crippen LogP contribution in [0.1, 0.15) is 30.4 Å². The number of benzene rings is 1. The smallest absolute Gasteiger partial charge is 0.122 e. The number of fused-ring (bicyclic) bond motifs is 2. The van der Waals surface area contributed by atoms with Crippen LogP contribution in [0.25, 0.3) is 0 Å². The third-order valence-corrected chi connectivity index (χ3v) is 5.17. The van der Waals surface area contributed by atoms with E-state index in [0.717, 1.165) is 25.4 Å². The zero-order chi connectivity index (χ0) is 11.9. The minimum absolute atomic E-state index is 0.374. The minimum Gasteiger partial charge on any atom is -0.496 e. The first-order chi connectivity index (χ1) is 8.27. The lowest BCUT2D eigenvalue weighted by Crippen LogP contribution is -2.32. The number of halogens is 1. The average molecular weight is 344 g/mol. The van der Waals surface area contributed by atoms with Gasteiger partial charge in [-0.2, -0.15) is 0 Å². The van der Waals surface area contributed by atoms with Crippen molar-refractivity contribution in [2.75, 3.05) is 20.3 Å². The quantitative estimate of drug-likeness (QED) is 0.728. The molecule has 1 aromatic carbocycles. The molecular weight excluding hydrogens is 327 g/mol. The number of methoxy groups -OCH3 is 1. The summed E-state index contributed by atoms with van der Waals surface area (Å²) in [6, 6.07) is 4.31. The second kappa shape index (κ2) is 4.43. The summed E-state index contributed by atoms with van der Waals surface area (Å²) in [5.41, 5.74) is 3.38. The molecule has 3 rings (SSSR count). The normalized spacial score (nSPS) is 21.5. The number of hydrogen-bond donors (Lipinski definition) is 0. The molecule has 92 valence electrons. The maximum Gasteiger partial charge on any atom is 0.122 e. The highest BCUT2D eigenvalue weighted by atomic mass is 127. The Morgan fingerprint density at radius 2 is 2.00 bits per heavy atom. The summed E-state index contributed by atoms with van der Waals surface area (Å²) in [6.45, 7) is 1.82. The fourth-order valence-electron chi connectivity index (χ4n) is 3.36. The van der Waals surface area contributed by atoms with E-state index in [1.54, 1.807) is 12.7 Å². The molecule has 1 saturated heterocycles. The van der Waals surface area contributed by atoms with E-state index in [4.69, 9.17) is 9.47 Å². The molecule has 0 radical (unpaired) electrons. The molecule has 2 nitrogen and oxygen atoms in total. The average Bonchev–Trinajstić information content (AvgIpc) is 2.71. The lowest BCUT2D eigenvalue weighted by atomic mass is 9.75. The van der Waals surface area contributed by atoms with Crippen LogP contribution in [-0.2, 0) is 16.6 Å². The maximum absolute atomic E-state index is 5.53. The van der Waals surface area contributed by atoms with Crippen molar-refractivity contribution in [2.24, 2.45) is 0 Å². The van der Waals surface area contributed by atoms with E-state index >= 15 is 0 Å². The van der Waals surface area contributed by atoms with Crippen molar-refractivity contribution >= 4 is 22.6 Å². The van der Waals surface area contributed by atoms with Crippen LogP contribution in [0.2, 0.25) is 0 Å². The standard InChI is InChI=1S/C14H17IO2/c1-16-12-3-2-11(15)13-10(12)4-5-14(13)6-8-17-9-7-14/h2-3H,4-9H2,1H3. The van der Waals surface area contributed by atoms with E-state index in [0.29, 0.717) is 5.41 Å². The minimum atomic E-state index is 0.374. The molecule has 1 heterocycles. The molecule has 1 aromatic rings. The lowest BCUT2D eigenvalue weighted by molar-refractivity contribution is 0.0504. The molecule has 3 heteroatoms. The highest BCUT2D eigenvalue weighted by Gasteiger charge is 2.42. The largest absolute Gasteiger partial charge is 0.496 e. The highest BCUT2D eigenvalue weighted by molar-refractivity contribution is 14.1. The van der Waals surface area contributed by atoms with Gasteiger partial charge in [0, 0.05) is 22.2 Å². The van der Waals surface area contributed by atoms with Gasteiger partial charge in [-0.3, -0.25) is 0 Å². The molecule has 1 aliphatic carbocycles. The van der Waals surface area contributed by atoms with Crippen molar-refractivity contribution in [3.8, 4) is 5.75 Å². The van der Waals surface area contributed by atoms with Gasteiger partial charge in [0.05, 0.1) is 7.11 Å². The molecule has 0 saturated carbocycles. The van der Waals surface area contributed by atoms with Crippen LogP contribution in [0, 0.1) is 3.57 Å². The predicted octanol–water partition coefficient (Wildman–Crippen LogP) is 3.29. The first-order valence-electron chi connectivity index (χ1n) is 6.20. The summed E-state index contributed by atoms with van der Waals surface area (Å²) in [7, 11) is 1.78. The van der Waals surface area contributed by atoms with Gasteiger partial charge in [-0.15, -0.1) is 0 Å². The molecular formula is C14H17IO2. The van der Waals surface area contributed by atoms with Crippen molar-refractivity contribution in [3.63, 3.8) is 0 Å². The Hall–Kier alpha value is -0.290. The molecule has 0 unspecified atom stereocenters. The molecule has 0 atom stereocenters. The number of ether oxygens (including phenoxy) is 2. The molecule has 0 bridgehead atoms. The maximum atomic E-state index is 5.53. The molecule has 17 heavy (non-hydrogen) atoms. The van der Waals surface area contributed by atoms with E-state index in [9.17, 15) is 0 Å². The summed E-state index contributed by atoms with van der Waals surface area (Å²) < 4.78 is 12.4. The van der Waals surface area contributed by atoms with Gasteiger partial charge in [-0.25, -0.2) is 0 Å². The Morgan fingerprint density at radius 1 is 1.24 bits per heavy atom. The van der Waals surface area contributed by atoms with Crippen LogP contribution < -0.4 is 4.74 Å². The van der Waals surface area contributed by atoms with Gasteiger partial charge in [0.1, 0.15) is 5.75 Å². The summed E-state index contributed by atoms with van der Waals surface area (Å²) in [5.74, 6) is 1.07. The van der Waals surface area contributed by atoms with Crippen molar-refractivity contribution in [1.82, 2.24) is 0 Å². The summed E-state index contributed by atoms with van der Waals surface area (Å²) in [6.07, 6.45) is 4.77. The summed E-state index contributed by atoms with van der Waals surface area (Å²) in [4.78, 5) is 0. The van der Waals surface area contributed by atoms with Crippen LogP contribution in [0.4, 0.5) is 0 Å². The van der Waals surface area contributed by atoms with E-state index in [1.165, 1.54) is 28.4 Å². The van der Waals surface area contributed by atoms with Crippen LogP contribution in [0.3, 0.4) is 0 Å². The second-order valence-corrected chi connectivity index (χ2v) is 6.16.